The first-order valence-electron chi connectivity index (χ1n) is 8.16. The van der Waals surface area contributed by atoms with Crippen LogP contribution in [0.3, 0.4) is 0 Å². The van der Waals surface area contributed by atoms with E-state index in [-0.39, 0.29) is 0 Å². The molecule has 3 heterocycles. The van der Waals surface area contributed by atoms with Gasteiger partial charge in [0.2, 0.25) is 0 Å². The Bertz CT molecular complexity index is 652. The van der Waals surface area contributed by atoms with E-state index >= 15 is 0 Å². The molecule has 0 saturated carbocycles. The molecule has 2 fully saturated rings. The van der Waals surface area contributed by atoms with Gasteiger partial charge in [-0.25, -0.2) is 0 Å². The van der Waals surface area contributed by atoms with Crippen molar-refractivity contribution < 1.29 is 0 Å². The SMILES string of the molecule is Cc1cc(N2CCC3NCCCC3C2)c2ccccc2n1. The minimum Gasteiger partial charge on any atom is -0.371 e. The number of nitrogens with one attached hydrogen (secondary N) is 1. The summed E-state index contributed by atoms with van der Waals surface area (Å²) in [5.41, 5.74) is 3.62. The highest BCUT2D eigenvalue weighted by molar-refractivity contribution is 5.92. The molecule has 1 aromatic heterocycles. The van der Waals surface area contributed by atoms with E-state index in [1.807, 2.05) is 0 Å². The number of fused-ring (bicyclic) bond motifs is 2. The van der Waals surface area contributed by atoms with Gasteiger partial charge in [-0.3, -0.25) is 4.98 Å². The molecule has 0 aliphatic carbocycles. The van der Waals surface area contributed by atoms with Crippen molar-refractivity contribution in [3.05, 3.63) is 36.0 Å². The molecule has 2 saturated heterocycles. The van der Waals surface area contributed by atoms with Crippen LogP contribution in [0, 0.1) is 12.8 Å². The van der Waals surface area contributed by atoms with Crippen molar-refractivity contribution in [2.45, 2.75) is 32.2 Å². The maximum Gasteiger partial charge on any atom is 0.0726 e. The van der Waals surface area contributed by atoms with Crippen molar-refractivity contribution in [1.29, 1.82) is 0 Å². The van der Waals surface area contributed by atoms with E-state index in [1.165, 1.54) is 43.4 Å². The van der Waals surface area contributed by atoms with Gasteiger partial charge in [-0.1, -0.05) is 18.2 Å². The van der Waals surface area contributed by atoms with Gasteiger partial charge >= 0.3 is 0 Å². The molecule has 2 aliphatic rings. The molecule has 2 aliphatic heterocycles. The number of para-hydroxylation sites is 1. The Labute approximate surface area is 126 Å². The smallest absolute Gasteiger partial charge is 0.0726 e. The number of benzene rings is 1. The predicted molar refractivity (Wildman–Crippen MR) is 87.8 cm³/mol. The molecule has 1 aromatic carbocycles. The number of rotatable bonds is 1. The van der Waals surface area contributed by atoms with Gasteiger partial charge in [0, 0.05) is 35.9 Å². The van der Waals surface area contributed by atoms with Gasteiger partial charge in [0.05, 0.1) is 5.52 Å². The van der Waals surface area contributed by atoms with Crippen molar-refractivity contribution in [3.8, 4) is 0 Å². The lowest BCUT2D eigenvalue weighted by Gasteiger charge is -2.43. The number of hydrogen-bond donors (Lipinski definition) is 1. The molecule has 0 spiro atoms. The second-order valence-electron chi connectivity index (χ2n) is 6.50. The molecule has 3 nitrogen and oxygen atoms in total. The summed E-state index contributed by atoms with van der Waals surface area (Å²) in [6.45, 7) is 5.65. The van der Waals surface area contributed by atoms with E-state index in [0.717, 1.165) is 29.7 Å². The fraction of sp³-hybridized carbons (Fsp3) is 0.500. The second kappa shape index (κ2) is 5.30. The van der Waals surface area contributed by atoms with Crippen LogP contribution in [0.4, 0.5) is 5.69 Å². The molecule has 1 N–H and O–H groups in total. The first kappa shape index (κ1) is 13.1. The van der Waals surface area contributed by atoms with Crippen LogP contribution in [-0.4, -0.2) is 30.7 Å². The van der Waals surface area contributed by atoms with Gasteiger partial charge in [0.15, 0.2) is 0 Å². The third kappa shape index (κ3) is 2.40. The molecule has 0 bridgehead atoms. The van der Waals surface area contributed by atoms with Crippen molar-refractivity contribution in [1.82, 2.24) is 10.3 Å². The van der Waals surface area contributed by atoms with Crippen LogP contribution in [0.1, 0.15) is 25.0 Å². The molecule has 0 amide bonds. The number of hydrogen-bond acceptors (Lipinski definition) is 3. The fourth-order valence-electron chi connectivity index (χ4n) is 4.01. The summed E-state index contributed by atoms with van der Waals surface area (Å²) in [4.78, 5) is 7.26. The monoisotopic (exact) mass is 281 g/mol. The Hall–Kier alpha value is -1.61. The minimum atomic E-state index is 0.740. The van der Waals surface area contributed by atoms with Crippen molar-refractivity contribution in [2.24, 2.45) is 5.92 Å². The predicted octanol–water partition coefficient (Wildman–Crippen LogP) is 3.12. The Morgan fingerprint density at radius 1 is 1.24 bits per heavy atom. The lowest BCUT2D eigenvalue weighted by molar-refractivity contribution is 0.244. The topological polar surface area (TPSA) is 28.2 Å². The average Bonchev–Trinajstić information content (AvgIpc) is 2.53. The van der Waals surface area contributed by atoms with Crippen molar-refractivity contribution in [2.75, 3.05) is 24.5 Å². The Morgan fingerprint density at radius 3 is 3.10 bits per heavy atom. The largest absolute Gasteiger partial charge is 0.371 e. The number of aryl methyl sites for hydroxylation is 1. The second-order valence-corrected chi connectivity index (χ2v) is 6.50. The highest BCUT2D eigenvalue weighted by atomic mass is 15.2. The Morgan fingerprint density at radius 2 is 2.14 bits per heavy atom. The highest BCUT2D eigenvalue weighted by Gasteiger charge is 2.31. The Balaban J connectivity index is 1.70. The van der Waals surface area contributed by atoms with Gasteiger partial charge in [-0.15, -0.1) is 0 Å². The summed E-state index contributed by atoms with van der Waals surface area (Å²) in [6.07, 6.45) is 3.96. The number of nitrogens with zero attached hydrogens (tertiary/aromatic N) is 2. The summed E-state index contributed by atoms with van der Waals surface area (Å²) in [5, 5.41) is 5.00. The summed E-state index contributed by atoms with van der Waals surface area (Å²) < 4.78 is 0. The van der Waals surface area contributed by atoms with E-state index in [9.17, 15) is 0 Å². The Kier molecular flexibility index (Phi) is 3.30. The molecular formula is C18H23N3. The van der Waals surface area contributed by atoms with Gasteiger partial charge < -0.3 is 10.2 Å². The third-order valence-electron chi connectivity index (χ3n) is 5.06. The zero-order valence-corrected chi connectivity index (χ0v) is 12.7. The summed E-state index contributed by atoms with van der Waals surface area (Å²) in [6, 6.07) is 11.5. The van der Waals surface area contributed by atoms with Crippen LogP contribution in [0.25, 0.3) is 10.9 Å². The molecule has 110 valence electrons. The zero-order chi connectivity index (χ0) is 14.2. The van der Waals surface area contributed by atoms with Crippen molar-refractivity contribution in [3.63, 3.8) is 0 Å². The van der Waals surface area contributed by atoms with Crippen LogP contribution >= 0.6 is 0 Å². The lowest BCUT2D eigenvalue weighted by atomic mass is 9.85. The summed E-state index contributed by atoms with van der Waals surface area (Å²) in [5.74, 6) is 0.805. The molecule has 2 aromatic rings. The van der Waals surface area contributed by atoms with E-state index in [1.54, 1.807) is 0 Å². The molecular weight excluding hydrogens is 258 g/mol. The number of aromatic nitrogens is 1. The third-order valence-corrected chi connectivity index (χ3v) is 5.06. The first-order valence-corrected chi connectivity index (χ1v) is 8.16. The lowest BCUT2D eigenvalue weighted by Crippen LogP contribution is -2.52. The first-order chi connectivity index (χ1) is 10.3. The molecule has 4 rings (SSSR count). The zero-order valence-electron chi connectivity index (χ0n) is 12.7. The standard InChI is InChI=1S/C18H23N3/c1-13-11-18(15-6-2-3-7-17(15)20-13)21-10-8-16-14(12-21)5-4-9-19-16/h2-3,6-7,11,14,16,19H,4-5,8-10,12H2,1H3. The molecule has 3 heteroatoms. The van der Waals surface area contributed by atoms with Crippen LogP contribution in [0.2, 0.25) is 0 Å². The average molecular weight is 281 g/mol. The summed E-state index contributed by atoms with van der Waals surface area (Å²) >= 11 is 0. The minimum absolute atomic E-state index is 0.740. The molecule has 0 radical (unpaired) electrons. The maximum atomic E-state index is 4.67. The van der Waals surface area contributed by atoms with Crippen LogP contribution < -0.4 is 10.2 Å². The van der Waals surface area contributed by atoms with Gasteiger partial charge in [0.1, 0.15) is 0 Å². The van der Waals surface area contributed by atoms with E-state index in [2.05, 4.69) is 52.5 Å². The molecule has 2 unspecified atom stereocenters. The fourth-order valence-corrected chi connectivity index (χ4v) is 4.01. The number of piperidine rings is 2. The molecule has 21 heavy (non-hydrogen) atoms. The van der Waals surface area contributed by atoms with Crippen LogP contribution in [-0.2, 0) is 0 Å². The quantitative estimate of drug-likeness (QED) is 0.870. The maximum absolute atomic E-state index is 4.67. The van der Waals surface area contributed by atoms with Crippen LogP contribution in [0.15, 0.2) is 30.3 Å². The molecule has 2 atom stereocenters. The van der Waals surface area contributed by atoms with Gasteiger partial charge in [0.25, 0.3) is 0 Å². The van der Waals surface area contributed by atoms with Gasteiger partial charge in [-0.2, -0.15) is 0 Å². The van der Waals surface area contributed by atoms with E-state index in [4.69, 9.17) is 0 Å². The highest BCUT2D eigenvalue weighted by Crippen LogP contribution is 2.32. The normalized spacial score (nSPS) is 25.9. The van der Waals surface area contributed by atoms with E-state index < -0.39 is 0 Å². The number of pyridine rings is 1. The van der Waals surface area contributed by atoms with Crippen molar-refractivity contribution >= 4 is 16.6 Å². The van der Waals surface area contributed by atoms with Crippen LogP contribution in [0.5, 0.6) is 0 Å². The number of anilines is 1. The van der Waals surface area contributed by atoms with E-state index in [0.29, 0.717) is 0 Å². The van der Waals surface area contributed by atoms with Gasteiger partial charge in [-0.05, 0) is 50.8 Å². The summed E-state index contributed by atoms with van der Waals surface area (Å²) in [7, 11) is 0.